The molecule has 1 unspecified atom stereocenters. The Labute approximate surface area is 143 Å². The summed E-state index contributed by atoms with van der Waals surface area (Å²) in [5.41, 5.74) is 0.902. The van der Waals surface area contributed by atoms with Gasteiger partial charge in [-0.1, -0.05) is 44.2 Å². The summed E-state index contributed by atoms with van der Waals surface area (Å²) in [7, 11) is 2.74. The molecule has 2 N–H and O–H groups in total. The van der Waals surface area contributed by atoms with Crippen LogP contribution >= 0.6 is 0 Å². The maximum Gasteiger partial charge on any atom is 0.325 e. The van der Waals surface area contributed by atoms with Crippen LogP contribution in [0.5, 0.6) is 0 Å². The summed E-state index contributed by atoms with van der Waals surface area (Å²) in [6, 6.07) is 8.23. The highest BCUT2D eigenvalue weighted by Crippen LogP contribution is 2.09. The molecule has 3 amide bonds. The Balaban J connectivity index is 0.00000254. The maximum atomic E-state index is 12.1. The van der Waals surface area contributed by atoms with Crippen LogP contribution in [-0.4, -0.2) is 49.6 Å². The Morgan fingerprint density at radius 2 is 1.75 bits per heavy atom. The molecular formula is C17H27N3O4. The molecule has 7 nitrogen and oxygen atoms in total. The Bertz CT molecular complexity index is 520. The van der Waals surface area contributed by atoms with Crippen molar-refractivity contribution in [3.05, 3.63) is 35.9 Å². The number of ether oxygens (including phenoxy) is 1. The fourth-order valence-corrected chi connectivity index (χ4v) is 1.83. The van der Waals surface area contributed by atoms with E-state index in [1.807, 2.05) is 44.2 Å². The Morgan fingerprint density at radius 1 is 1.17 bits per heavy atom. The molecular weight excluding hydrogens is 310 g/mol. The highest BCUT2D eigenvalue weighted by molar-refractivity contribution is 5.88. The van der Waals surface area contributed by atoms with Crippen LogP contribution in [0.15, 0.2) is 30.3 Å². The largest absolute Gasteiger partial charge is 0.468 e. The molecule has 1 atom stereocenters. The van der Waals surface area contributed by atoms with Crippen molar-refractivity contribution < 1.29 is 19.1 Å². The second-order valence-electron chi connectivity index (χ2n) is 4.64. The van der Waals surface area contributed by atoms with Crippen molar-refractivity contribution in [1.82, 2.24) is 15.5 Å². The SMILES string of the molecule is CC.CNC(=O)N(Cc1ccccc1)C(C)C(=O)NCC(=O)OC. The standard InChI is InChI=1S/C15H21N3O4.C2H6/c1-11(14(20)17-9-13(19)22-3)18(15(21)16-2)10-12-7-5-4-6-8-12;1-2/h4-8,11H,9-10H2,1-3H3,(H,16,21)(H,17,20);1-2H3. The van der Waals surface area contributed by atoms with Gasteiger partial charge in [0.05, 0.1) is 7.11 Å². The van der Waals surface area contributed by atoms with Crippen molar-refractivity contribution in [1.29, 1.82) is 0 Å². The molecule has 7 heteroatoms. The van der Waals surface area contributed by atoms with Gasteiger partial charge < -0.3 is 20.3 Å². The van der Waals surface area contributed by atoms with Crippen LogP contribution in [0.2, 0.25) is 0 Å². The Morgan fingerprint density at radius 3 is 2.25 bits per heavy atom. The van der Waals surface area contributed by atoms with Crippen LogP contribution in [0.25, 0.3) is 0 Å². The van der Waals surface area contributed by atoms with E-state index in [-0.39, 0.29) is 19.1 Å². The van der Waals surface area contributed by atoms with Crippen molar-refractivity contribution in [3.8, 4) is 0 Å². The van der Waals surface area contributed by atoms with E-state index in [1.165, 1.54) is 19.1 Å². The van der Waals surface area contributed by atoms with E-state index >= 15 is 0 Å². The van der Waals surface area contributed by atoms with Gasteiger partial charge in [-0.3, -0.25) is 9.59 Å². The zero-order valence-electron chi connectivity index (χ0n) is 15.0. The second-order valence-corrected chi connectivity index (χ2v) is 4.64. The fraction of sp³-hybridized carbons (Fsp3) is 0.471. The third kappa shape index (κ3) is 7.13. The number of carbonyl (C=O) groups is 3. The molecule has 0 fully saturated rings. The summed E-state index contributed by atoms with van der Waals surface area (Å²) >= 11 is 0. The molecule has 24 heavy (non-hydrogen) atoms. The molecule has 134 valence electrons. The van der Waals surface area contributed by atoms with Crippen LogP contribution < -0.4 is 10.6 Å². The molecule has 0 saturated heterocycles. The lowest BCUT2D eigenvalue weighted by Gasteiger charge is -2.28. The molecule has 0 spiro atoms. The van der Waals surface area contributed by atoms with Crippen molar-refractivity contribution in [2.45, 2.75) is 33.4 Å². The summed E-state index contributed by atoms with van der Waals surface area (Å²) in [5.74, 6) is -0.972. The van der Waals surface area contributed by atoms with Crippen LogP contribution in [0.3, 0.4) is 0 Å². The van der Waals surface area contributed by atoms with Crippen molar-refractivity contribution in [2.75, 3.05) is 20.7 Å². The minimum atomic E-state index is -0.732. The quantitative estimate of drug-likeness (QED) is 0.771. The molecule has 0 aromatic heterocycles. The minimum Gasteiger partial charge on any atom is -0.468 e. The van der Waals surface area contributed by atoms with Crippen LogP contribution in [0.4, 0.5) is 4.79 Å². The molecule has 0 heterocycles. The zero-order chi connectivity index (χ0) is 18.5. The van der Waals surface area contributed by atoms with E-state index in [2.05, 4.69) is 15.4 Å². The number of urea groups is 1. The summed E-state index contributed by atoms with van der Waals surface area (Å²) in [6.07, 6.45) is 0. The molecule has 0 saturated carbocycles. The van der Waals surface area contributed by atoms with Crippen LogP contribution in [0.1, 0.15) is 26.3 Å². The highest BCUT2D eigenvalue weighted by atomic mass is 16.5. The lowest BCUT2D eigenvalue weighted by molar-refractivity contribution is -0.141. The van der Waals surface area contributed by atoms with Gasteiger partial charge in [0.1, 0.15) is 12.6 Å². The van der Waals surface area contributed by atoms with Crippen molar-refractivity contribution in [3.63, 3.8) is 0 Å². The first-order chi connectivity index (χ1) is 11.5. The maximum absolute atomic E-state index is 12.1. The average molecular weight is 337 g/mol. The van der Waals surface area contributed by atoms with Crippen molar-refractivity contribution >= 4 is 17.9 Å². The van der Waals surface area contributed by atoms with Gasteiger partial charge in [0.15, 0.2) is 0 Å². The van der Waals surface area contributed by atoms with E-state index < -0.39 is 17.9 Å². The van der Waals surface area contributed by atoms with E-state index in [4.69, 9.17) is 0 Å². The third-order valence-corrected chi connectivity index (χ3v) is 3.15. The Hall–Kier alpha value is -2.57. The lowest BCUT2D eigenvalue weighted by atomic mass is 10.2. The minimum absolute atomic E-state index is 0.230. The predicted octanol–water partition coefficient (Wildman–Crippen LogP) is 1.53. The van der Waals surface area contributed by atoms with E-state index in [1.54, 1.807) is 6.92 Å². The summed E-state index contributed by atoms with van der Waals surface area (Å²) in [4.78, 5) is 36.5. The predicted molar refractivity (Wildman–Crippen MR) is 92.3 cm³/mol. The number of rotatable bonds is 6. The smallest absolute Gasteiger partial charge is 0.325 e. The van der Waals surface area contributed by atoms with Gasteiger partial charge in [-0.05, 0) is 12.5 Å². The number of methoxy groups -OCH3 is 1. The van der Waals surface area contributed by atoms with Gasteiger partial charge in [-0.15, -0.1) is 0 Å². The van der Waals surface area contributed by atoms with Crippen molar-refractivity contribution in [2.24, 2.45) is 0 Å². The van der Waals surface area contributed by atoms with Crippen LogP contribution in [0, 0.1) is 0 Å². The van der Waals surface area contributed by atoms with Gasteiger partial charge in [0.25, 0.3) is 0 Å². The Kier molecular flexibility index (Phi) is 10.6. The second kappa shape index (κ2) is 11.9. The number of hydrogen-bond donors (Lipinski definition) is 2. The molecule has 0 aliphatic rings. The van der Waals surface area contributed by atoms with Gasteiger partial charge in [-0.2, -0.15) is 0 Å². The third-order valence-electron chi connectivity index (χ3n) is 3.15. The number of amides is 3. The molecule has 0 radical (unpaired) electrons. The first-order valence-corrected chi connectivity index (χ1v) is 7.86. The number of hydrogen-bond acceptors (Lipinski definition) is 4. The van der Waals surface area contributed by atoms with Gasteiger partial charge in [0, 0.05) is 13.6 Å². The van der Waals surface area contributed by atoms with E-state index in [0.717, 1.165) is 5.56 Å². The first kappa shape index (κ1) is 21.4. The average Bonchev–Trinajstić information content (AvgIpc) is 2.65. The molecule has 1 rings (SSSR count). The summed E-state index contributed by atoms with van der Waals surface area (Å²) < 4.78 is 4.46. The topological polar surface area (TPSA) is 87.7 Å². The molecule has 0 aliphatic carbocycles. The molecule has 0 bridgehead atoms. The van der Waals surface area contributed by atoms with Crippen LogP contribution in [-0.2, 0) is 20.9 Å². The summed E-state index contributed by atoms with van der Waals surface area (Å²) in [5, 5.41) is 4.96. The van der Waals surface area contributed by atoms with Gasteiger partial charge in [-0.25, -0.2) is 4.79 Å². The lowest BCUT2D eigenvalue weighted by Crippen LogP contribution is -2.51. The zero-order valence-corrected chi connectivity index (χ0v) is 15.0. The number of nitrogens with zero attached hydrogens (tertiary/aromatic N) is 1. The molecule has 0 aliphatic heterocycles. The highest BCUT2D eigenvalue weighted by Gasteiger charge is 2.25. The normalized spacial score (nSPS) is 10.5. The number of carbonyl (C=O) groups excluding carboxylic acids is 3. The van der Waals surface area contributed by atoms with Gasteiger partial charge in [0.2, 0.25) is 5.91 Å². The number of benzene rings is 1. The number of nitrogens with one attached hydrogen (secondary N) is 2. The summed E-state index contributed by atoms with van der Waals surface area (Å²) in [6.45, 7) is 5.66. The molecule has 1 aromatic carbocycles. The monoisotopic (exact) mass is 337 g/mol. The van der Waals surface area contributed by atoms with Gasteiger partial charge >= 0.3 is 12.0 Å². The molecule has 1 aromatic rings. The van der Waals surface area contributed by atoms with E-state index in [9.17, 15) is 14.4 Å². The first-order valence-electron chi connectivity index (χ1n) is 7.86. The number of esters is 1. The fourth-order valence-electron chi connectivity index (χ4n) is 1.83. The van der Waals surface area contributed by atoms with E-state index in [0.29, 0.717) is 0 Å².